The van der Waals surface area contributed by atoms with Gasteiger partial charge in [-0.2, -0.15) is 0 Å². The predicted molar refractivity (Wildman–Crippen MR) is 88.9 cm³/mol. The summed E-state index contributed by atoms with van der Waals surface area (Å²) in [6.07, 6.45) is 0. The van der Waals surface area contributed by atoms with Crippen LogP contribution in [-0.4, -0.2) is 18.0 Å². The standard InChI is InChI=1S/C13H11BrN2O2S2/c1-18-8-5-11(20-6-8)13(17)16-10-3-2-7(12(15)19)4-9(10)14/h2-6H,1H3,(H2,15,19)(H,16,17). The fourth-order valence-corrected chi connectivity index (χ4v) is 2.85. The molecule has 0 radical (unpaired) electrons. The minimum atomic E-state index is -0.193. The summed E-state index contributed by atoms with van der Waals surface area (Å²) in [4.78, 5) is 13.0. The Morgan fingerprint density at radius 1 is 1.45 bits per heavy atom. The van der Waals surface area contributed by atoms with Crippen LogP contribution in [0.15, 0.2) is 34.1 Å². The lowest BCUT2D eigenvalue weighted by Gasteiger charge is -2.08. The van der Waals surface area contributed by atoms with Crippen LogP contribution in [0, 0.1) is 0 Å². The van der Waals surface area contributed by atoms with E-state index in [4.69, 9.17) is 22.7 Å². The van der Waals surface area contributed by atoms with Crippen LogP contribution in [0.5, 0.6) is 5.75 Å². The number of nitrogens with two attached hydrogens (primary N) is 1. The second-order valence-corrected chi connectivity index (χ2v) is 6.07. The summed E-state index contributed by atoms with van der Waals surface area (Å²) in [7, 11) is 1.56. The first kappa shape index (κ1) is 15.0. The Morgan fingerprint density at radius 2 is 2.20 bits per heavy atom. The number of rotatable bonds is 4. The molecule has 1 aromatic heterocycles. The van der Waals surface area contributed by atoms with Crippen molar-refractivity contribution < 1.29 is 9.53 Å². The van der Waals surface area contributed by atoms with Crippen molar-refractivity contribution in [2.45, 2.75) is 0 Å². The van der Waals surface area contributed by atoms with Gasteiger partial charge in [0.25, 0.3) is 5.91 Å². The summed E-state index contributed by atoms with van der Waals surface area (Å²) in [5.74, 6) is 0.477. The van der Waals surface area contributed by atoms with Gasteiger partial charge in [-0.15, -0.1) is 11.3 Å². The average molecular weight is 371 g/mol. The zero-order chi connectivity index (χ0) is 14.7. The van der Waals surface area contributed by atoms with Crippen LogP contribution in [0.3, 0.4) is 0 Å². The number of methoxy groups -OCH3 is 1. The largest absolute Gasteiger partial charge is 0.496 e. The molecule has 0 atom stereocenters. The predicted octanol–water partition coefficient (Wildman–Crippen LogP) is 3.41. The Labute approximate surface area is 134 Å². The van der Waals surface area contributed by atoms with Crippen molar-refractivity contribution in [1.82, 2.24) is 0 Å². The fraction of sp³-hybridized carbons (Fsp3) is 0.0769. The molecule has 1 heterocycles. The van der Waals surface area contributed by atoms with Crippen molar-refractivity contribution >= 4 is 56.1 Å². The number of hydrogen-bond acceptors (Lipinski definition) is 4. The molecule has 4 nitrogen and oxygen atoms in total. The number of anilines is 1. The summed E-state index contributed by atoms with van der Waals surface area (Å²) in [5, 5.41) is 4.59. The monoisotopic (exact) mass is 370 g/mol. The van der Waals surface area contributed by atoms with Crippen molar-refractivity contribution in [3.05, 3.63) is 44.6 Å². The molecule has 0 aliphatic carbocycles. The molecule has 0 unspecified atom stereocenters. The van der Waals surface area contributed by atoms with E-state index >= 15 is 0 Å². The van der Waals surface area contributed by atoms with Crippen LogP contribution >= 0.6 is 39.5 Å². The molecule has 3 N–H and O–H groups in total. The first-order valence-electron chi connectivity index (χ1n) is 5.54. The number of amides is 1. The Hall–Kier alpha value is -1.44. The lowest BCUT2D eigenvalue weighted by atomic mass is 10.2. The van der Waals surface area contributed by atoms with E-state index in [2.05, 4.69) is 21.2 Å². The number of nitrogens with one attached hydrogen (secondary N) is 1. The molecule has 0 saturated heterocycles. The van der Waals surface area contributed by atoms with Gasteiger partial charge in [-0.1, -0.05) is 12.2 Å². The van der Waals surface area contributed by atoms with Gasteiger partial charge < -0.3 is 15.8 Å². The highest BCUT2D eigenvalue weighted by atomic mass is 79.9. The number of thiophene rings is 1. The molecule has 20 heavy (non-hydrogen) atoms. The number of carbonyl (C=O) groups excluding carboxylic acids is 1. The third-order valence-electron chi connectivity index (χ3n) is 2.54. The molecule has 0 bridgehead atoms. The maximum atomic E-state index is 12.1. The second-order valence-electron chi connectivity index (χ2n) is 3.86. The SMILES string of the molecule is COc1csc(C(=O)Nc2ccc(C(N)=S)cc2Br)c1. The zero-order valence-electron chi connectivity index (χ0n) is 10.5. The summed E-state index contributed by atoms with van der Waals surface area (Å²) in [5.41, 5.74) is 6.95. The van der Waals surface area contributed by atoms with Gasteiger partial charge in [0, 0.05) is 21.5 Å². The number of ether oxygens (including phenoxy) is 1. The number of hydrogen-bond donors (Lipinski definition) is 2. The van der Waals surface area contributed by atoms with Gasteiger partial charge in [0.1, 0.15) is 10.7 Å². The number of carbonyl (C=O) groups is 1. The summed E-state index contributed by atoms with van der Waals surface area (Å²) >= 11 is 9.61. The maximum absolute atomic E-state index is 12.1. The quantitative estimate of drug-likeness (QED) is 0.809. The summed E-state index contributed by atoms with van der Waals surface area (Å²) < 4.78 is 5.78. The van der Waals surface area contributed by atoms with Gasteiger partial charge in [0.2, 0.25) is 0 Å². The van der Waals surface area contributed by atoms with E-state index in [0.717, 1.165) is 10.0 Å². The molecule has 0 spiro atoms. The first-order chi connectivity index (χ1) is 9.51. The molecule has 1 amide bonds. The van der Waals surface area contributed by atoms with Gasteiger partial charge >= 0.3 is 0 Å². The molecular formula is C13H11BrN2O2S2. The van der Waals surface area contributed by atoms with Gasteiger partial charge in [-0.25, -0.2) is 0 Å². The van der Waals surface area contributed by atoms with Crippen LogP contribution < -0.4 is 15.8 Å². The van der Waals surface area contributed by atoms with Crippen molar-refractivity contribution in [3.8, 4) is 5.75 Å². The molecule has 0 aliphatic rings. The molecule has 0 saturated carbocycles. The van der Waals surface area contributed by atoms with E-state index in [1.165, 1.54) is 11.3 Å². The normalized spacial score (nSPS) is 10.1. The molecule has 2 aromatic rings. The number of halogens is 1. The van der Waals surface area contributed by atoms with Crippen LogP contribution in [0.4, 0.5) is 5.69 Å². The van der Waals surface area contributed by atoms with Gasteiger partial charge in [0.15, 0.2) is 0 Å². The number of benzene rings is 1. The van der Waals surface area contributed by atoms with Crippen molar-refractivity contribution in [2.24, 2.45) is 5.73 Å². The van der Waals surface area contributed by atoms with E-state index < -0.39 is 0 Å². The van der Waals surface area contributed by atoms with Crippen molar-refractivity contribution in [3.63, 3.8) is 0 Å². The summed E-state index contributed by atoms with van der Waals surface area (Å²) in [6, 6.07) is 6.98. The lowest BCUT2D eigenvalue weighted by Crippen LogP contribution is -2.12. The van der Waals surface area contributed by atoms with Crippen LogP contribution in [0.1, 0.15) is 15.2 Å². The van der Waals surface area contributed by atoms with Crippen LogP contribution in [0.2, 0.25) is 0 Å². The third-order valence-corrected chi connectivity index (χ3v) is 4.34. The Bertz CT molecular complexity index is 670. The first-order valence-corrected chi connectivity index (χ1v) is 7.62. The maximum Gasteiger partial charge on any atom is 0.265 e. The van der Waals surface area contributed by atoms with Gasteiger partial charge in [-0.3, -0.25) is 4.79 Å². The minimum absolute atomic E-state index is 0.193. The third kappa shape index (κ3) is 3.36. The van der Waals surface area contributed by atoms with E-state index in [0.29, 0.717) is 21.3 Å². The van der Waals surface area contributed by atoms with E-state index in [1.54, 1.807) is 36.8 Å². The molecule has 0 fully saturated rings. The molecule has 7 heteroatoms. The Kier molecular flexibility index (Phi) is 4.74. The highest BCUT2D eigenvalue weighted by Gasteiger charge is 2.12. The lowest BCUT2D eigenvalue weighted by molar-refractivity contribution is 0.103. The average Bonchev–Trinajstić information content (AvgIpc) is 2.89. The number of thiocarbonyl (C=S) groups is 1. The van der Waals surface area contributed by atoms with E-state index in [1.807, 2.05) is 0 Å². The highest BCUT2D eigenvalue weighted by Crippen LogP contribution is 2.26. The molecule has 104 valence electrons. The zero-order valence-corrected chi connectivity index (χ0v) is 13.7. The Morgan fingerprint density at radius 3 is 2.75 bits per heavy atom. The van der Waals surface area contributed by atoms with Gasteiger partial charge in [-0.05, 0) is 34.1 Å². The molecule has 1 aromatic carbocycles. The van der Waals surface area contributed by atoms with Crippen molar-refractivity contribution in [2.75, 3.05) is 12.4 Å². The van der Waals surface area contributed by atoms with Crippen LogP contribution in [-0.2, 0) is 0 Å². The second kappa shape index (κ2) is 6.34. The topological polar surface area (TPSA) is 64.3 Å². The highest BCUT2D eigenvalue weighted by molar-refractivity contribution is 9.10. The fourth-order valence-electron chi connectivity index (χ4n) is 1.50. The molecular weight excluding hydrogens is 360 g/mol. The van der Waals surface area contributed by atoms with Crippen molar-refractivity contribution in [1.29, 1.82) is 0 Å². The summed E-state index contributed by atoms with van der Waals surface area (Å²) in [6.45, 7) is 0. The van der Waals surface area contributed by atoms with E-state index in [9.17, 15) is 4.79 Å². The van der Waals surface area contributed by atoms with Crippen LogP contribution in [0.25, 0.3) is 0 Å². The molecule has 0 aliphatic heterocycles. The molecule has 2 rings (SSSR count). The minimum Gasteiger partial charge on any atom is -0.496 e. The van der Waals surface area contributed by atoms with Gasteiger partial charge in [0.05, 0.1) is 17.7 Å². The van der Waals surface area contributed by atoms with E-state index in [-0.39, 0.29) is 5.91 Å². The Balaban J connectivity index is 2.17. The smallest absolute Gasteiger partial charge is 0.265 e.